The molecule has 24 heavy (non-hydrogen) atoms. The van der Waals surface area contributed by atoms with Gasteiger partial charge in [0.25, 0.3) is 11.8 Å². The molecule has 0 radical (unpaired) electrons. The molecule has 6 nitrogen and oxygen atoms in total. The SMILES string of the molecule is Cn1cccc1C(=O)NC(=O)COC(=O)c1cc2ccccc2s1. The minimum absolute atomic E-state index is 0.346. The summed E-state index contributed by atoms with van der Waals surface area (Å²) in [5.41, 5.74) is 0.346. The maximum atomic E-state index is 12.0. The van der Waals surface area contributed by atoms with Gasteiger partial charge in [-0.3, -0.25) is 14.9 Å². The molecule has 0 saturated carbocycles. The molecular formula is C17H14N2O4S. The summed E-state index contributed by atoms with van der Waals surface area (Å²) < 4.78 is 7.52. The van der Waals surface area contributed by atoms with Gasteiger partial charge in [0.15, 0.2) is 6.61 Å². The Hall–Kier alpha value is -2.93. The summed E-state index contributed by atoms with van der Waals surface area (Å²) in [5, 5.41) is 3.13. The molecule has 0 aliphatic rings. The Bertz CT molecular complexity index is 892. The van der Waals surface area contributed by atoms with Crippen molar-refractivity contribution in [2.24, 2.45) is 7.05 Å². The Morgan fingerprint density at radius 1 is 1.17 bits per heavy atom. The number of thiophene rings is 1. The van der Waals surface area contributed by atoms with E-state index in [0.29, 0.717) is 10.6 Å². The molecule has 0 fully saturated rings. The van der Waals surface area contributed by atoms with Gasteiger partial charge < -0.3 is 9.30 Å². The zero-order valence-corrected chi connectivity index (χ0v) is 13.6. The fraction of sp³-hybridized carbons (Fsp3) is 0.118. The zero-order chi connectivity index (χ0) is 17.1. The molecule has 1 N–H and O–H groups in total. The average molecular weight is 342 g/mol. The number of aryl methyl sites for hydroxylation is 1. The third kappa shape index (κ3) is 3.36. The van der Waals surface area contributed by atoms with E-state index in [1.54, 1.807) is 36.0 Å². The van der Waals surface area contributed by atoms with Crippen molar-refractivity contribution >= 4 is 39.2 Å². The van der Waals surface area contributed by atoms with Gasteiger partial charge in [0.2, 0.25) is 0 Å². The molecule has 7 heteroatoms. The Kier molecular flexibility index (Phi) is 4.43. The molecule has 2 aromatic heterocycles. The Morgan fingerprint density at radius 3 is 2.67 bits per heavy atom. The number of hydrogen-bond donors (Lipinski definition) is 1. The summed E-state index contributed by atoms with van der Waals surface area (Å²) >= 11 is 1.29. The molecule has 0 unspecified atom stereocenters. The topological polar surface area (TPSA) is 77.4 Å². The minimum Gasteiger partial charge on any atom is -0.451 e. The lowest BCUT2D eigenvalue weighted by Crippen LogP contribution is -2.35. The number of carbonyl (C=O) groups is 3. The number of esters is 1. The van der Waals surface area contributed by atoms with E-state index in [0.717, 1.165) is 10.1 Å². The smallest absolute Gasteiger partial charge is 0.348 e. The van der Waals surface area contributed by atoms with Gasteiger partial charge in [0.1, 0.15) is 10.6 Å². The van der Waals surface area contributed by atoms with E-state index in [2.05, 4.69) is 5.32 Å². The molecule has 3 aromatic rings. The van der Waals surface area contributed by atoms with Crippen molar-refractivity contribution in [1.82, 2.24) is 9.88 Å². The Labute approximate surface area is 141 Å². The summed E-state index contributed by atoms with van der Waals surface area (Å²) in [6, 6.07) is 12.6. The second-order valence-electron chi connectivity index (χ2n) is 5.11. The summed E-state index contributed by atoms with van der Waals surface area (Å²) in [6.07, 6.45) is 1.70. The van der Waals surface area contributed by atoms with Gasteiger partial charge in [0, 0.05) is 17.9 Å². The number of hydrogen-bond acceptors (Lipinski definition) is 5. The summed E-state index contributed by atoms with van der Waals surface area (Å²) in [6.45, 7) is -0.511. The molecule has 1 aromatic carbocycles. The van der Waals surface area contributed by atoms with Crippen molar-refractivity contribution in [3.8, 4) is 0 Å². The van der Waals surface area contributed by atoms with Crippen LogP contribution in [-0.4, -0.2) is 29.0 Å². The molecule has 3 rings (SSSR count). The second-order valence-corrected chi connectivity index (χ2v) is 6.19. The van der Waals surface area contributed by atoms with E-state index >= 15 is 0 Å². The monoisotopic (exact) mass is 342 g/mol. The van der Waals surface area contributed by atoms with Gasteiger partial charge in [-0.05, 0) is 29.7 Å². The van der Waals surface area contributed by atoms with Crippen LogP contribution in [-0.2, 0) is 16.6 Å². The van der Waals surface area contributed by atoms with Crippen molar-refractivity contribution < 1.29 is 19.1 Å². The lowest BCUT2D eigenvalue weighted by molar-refractivity contribution is -0.123. The number of benzene rings is 1. The summed E-state index contributed by atoms with van der Waals surface area (Å²) in [5.74, 6) is -1.79. The fourth-order valence-corrected chi connectivity index (χ4v) is 3.16. The molecule has 0 aliphatic carbocycles. The molecule has 0 aliphatic heterocycles. The Balaban J connectivity index is 1.56. The molecule has 122 valence electrons. The van der Waals surface area contributed by atoms with E-state index in [1.165, 1.54) is 11.3 Å². The summed E-state index contributed by atoms with van der Waals surface area (Å²) in [4.78, 5) is 36.1. The van der Waals surface area contributed by atoms with Crippen LogP contribution < -0.4 is 5.32 Å². The molecule has 2 heterocycles. The fourth-order valence-electron chi connectivity index (χ4n) is 2.21. The maximum Gasteiger partial charge on any atom is 0.348 e. The van der Waals surface area contributed by atoms with E-state index in [1.807, 2.05) is 24.3 Å². The highest BCUT2D eigenvalue weighted by Crippen LogP contribution is 2.25. The quantitative estimate of drug-likeness (QED) is 0.738. The van der Waals surface area contributed by atoms with Gasteiger partial charge in [-0.15, -0.1) is 11.3 Å². The molecule has 0 atom stereocenters. The van der Waals surface area contributed by atoms with Crippen molar-refractivity contribution in [3.63, 3.8) is 0 Å². The van der Waals surface area contributed by atoms with Crippen LogP contribution in [0.5, 0.6) is 0 Å². The summed E-state index contributed by atoms with van der Waals surface area (Å²) in [7, 11) is 1.70. The maximum absolute atomic E-state index is 12.0. The van der Waals surface area contributed by atoms with E-state index in [-0.39, 0.29) is 0 Å². The van der Waals surface area contributed by atoms with Crippen LogP contribution in [0, 0.1) is 0 Å². The molecule has 0 spiro atoms. The first-order valence-corrected chi connectivity index (χ1v) is 7.97. The first-order valence-electron chi connectivity index (χ1n) is 7.16. The molecule has 0 bridgehead atoms. The highest BCUT2D eigenvalue weighted by atomic mass is 32.1. The third-order valence-electron chi connectivity index (χ3n) is 3.39. The van der Waals surface area contributed by atoms with Gasteiger partial charge in [-0.1, -0.05) is 18.2 Å². The predicted octanol–water partition coefficient (Wildman–Crippen LogP) is 2.35. The number of imide groups is 1. The van der Waals surface area contributed by atoms with Crippen LogP contribution in [0.4, 0.5) is 0 Å². The van der Waals surface area contributed by atoms with Gasteiger partial charge in [0.05, 0.1) is 0 Å². The zero-order valence-electron chi connectivity index (χ0n) is 12.8. The third-order valence-corrected chi connectivity index (χ3v) is 4.49. The number of nitrogens with zero attached hydrogens (tertiary/aromatic N) is 1. The number of aromatic nitrogens is 1. The highest BCUT2D eigenvalue weighted by molar-refractivity contribution is 7.20. The van der Waals surface area contributed by atoms with Gasteiger partial charge in [-0.2, -0.15) is 0 Å². The number of rotatable bonds is 4. The van der Waals surface area contributed by atoms with Crippen LogP contribution in [0.25, 0.3) is 10.1 Å². The van der Waals surface area contributed by atoms with Crippen LogP contribution in [0.2, 0.25) is 0 Å². The molecular weight excluding hydrogens is 328 g/mol. The van der Waals surface area contributed by atoms with Crippen LogP contribution in [0.15, 0.2) is 48.7 Å². The van der Waals surface area contributed by atoms with Crippen molar-refractivity contribution in [3.05, 3.63) is 59.2 Å². The number of nitrogens with one attached hydrogen (secondary N) is 1. The minimum atomic E-state index is -0.671. The van der Waals surface area contributed by atoms with Crippen LogP contribution in [0.1, 0.15) is 20.2 Å². The average Bonchev–Trinajstić information content (AvgIpc) is 3.18. The number of ether oxygens (including phenoxy) is 1. The molecule has 0 saturated heterocycles. The first kappa shape index (κ1) is 15.9. The standard InChI is InChI=1S/C17H14N2O4S/c1-19-8-4-6-12(19)16(21)18-15(20)10-23-17(22)14-9-11-5-2-3-7-13(11)24-14/h2-9H,10H2,1H3,(H,18,20,21). The van der Waals surface area contributed by atoms with Crippen molar-refractivity contribution in [1.29, 1.82) is 0 Å². The lowest BCUT2D eigenvalue weighted by Gasteiger charge is -2.05. The van der Waals surface area contributed by atoms with Gasteiger partial charge >= 0.3 is 5.97 Å². The first-order chi connectivity index (χ1) is 11.5. The Morgan fingerprint density at radius 2 is 1.96 bits per heavy atom. The van der Waals surface area contributed by atoms with Crippen molar-refractivity contribution in [2.75, 3.05) is 6.61 Å². The van der Waals surface area contributed by atoms with E-state index in [4.69, 9.17) is 4.74 Å². The van der Waals surface area contributed by atoms with E-state index < -0.39 is 24.4 Å². The van der Waals surface area contributed by atoms with Crippen LogP contribution >= 0.6 is 11.3 Å². The second kappa shape index (κ2) is 6.67. The van der Waals surface area contributed by atoms with Crippen molar-refractivity contribution in [2.45, 2.75) is 0 Å². The number of carbonyl (C=O) groups excluding carboxylic acids is 3. The van der Waals surface area contributed by atoms with Crippen LogP contribution in [0.3, 0.4) is 0 Å². The molecule has 2 amide bonds. The largest absolute Gasteiger partial charge is 0.451 e. The normalized spacial score (nSPS) is 10.5. The number of amides is 2. The predicted molar refractivity (Wildman–Crippen MR) is 90.0 cm³/mol. The lowest BCUT2D eigenvalue weighted by atomic mass is 10.2. The number of fused-ring (bicyclic) bond motifs is 1. The van der Waals surface area contributed by atoms with E-state index in [9.17, 15) is 14.4 Å². The highest BCUT2D eigenvalue weighted by Gasteiger charge is 2.16. The van der Waals surface area contributed by atoms with Gasteiger partial charge in [-0.25, -0.2) is 4.79 Å².